The van der Waals surface area contributed by atoms with E-state index in [2.05, 4.69) is 13.8 Å². The molecule has 0 radical (unpaired) electrons. The lowest BCUT2D eigenvalue weighted by atomic mass is 9.68. The van der Waals surface area contributed by atoms with E-state index in [1.807, 2.05) is 0 Å². The van der Waals surface area contributed by atoms with Crippen molar-refractivity contribution in [3.63, 3.8) is 0 Å². The SMILES string of the molecule is CC1(C)[C@@H]2CC[C@]13CS(=O)(=O)N1O[C@]13[C@@H]2Cl. The van der Waals surface area contributed by atoms with Gasteiger partial charge in [-0.15, -0.1) is 11.6 Å². The Morgan fingerprint density at radius 1 is 1.44 bits per heavy atom. The summed E-state index contributed by atoms with van der Waals surface area (Å²) in [4.78, 5) is 5.47. The van der Waals surface area contributed by atoms with Crippen LogP contribution in [0.1, 0.15) is 26.7 Å². The van der Waals surface area contributed by atoms with E-state index in [1.54, 1.807) is 0 Å². The van der Waals surface area contributed by atoms with E-state index in [0.29, 0.717) is 5.92 Å². The lowest BCUT2D eigenvalue weighted by molar-refractivity contribution is 0.0731. The minimum Gasteiger partial charge on any atom is -0.253 e. The van der Waals surface area contributed by atoms with Crippen LogP contribution in [0.15, 0.2) is 0 Å². The first-order valence-corrected chi connectivity index (χ1v) is 7.70. The van der Waals surface area contributed by atoms with Gasteiger partial charge in [-0.3, -0.25) is 4.84 Å². The van der Waals surface area contributed by atoms with E-state index in [1.165, 1.54) is 4.47 Å². The van der Waals surface area contributed by atoms with Crippen LogP contribution < -0.4 is 0 Å². The van der Waals surface area contributed by atoms with E-state index in [0.717, 1.165) is 12.8 Å². The summed E-state index contributed by atoms with van der Waals surface area (Å²) in [6.07, 6.45) is 1.94. The standard InChI is InChI=1S/C10H14ClNO3S/c1-8(2)6-3-4-9(8)5-16(13,14)12-10(9,15-12)7(6)11/h6-7H,3-5H2,1-2H3/t6-,7-,9+,10+,12?/m1/s1. The molecule has 0 aromatic rings. The molecule has 4 rings (SSSR count). The van der Waals surface area contributed by atoms with Crippen LogP contribution >= 0.6 is 11.6 Å². The van der Waals surface area contributed by atoms with Crippen LogP contribution in [0, 0.1) is 16.7 Å². The molecule has 4 fully saturated rings. The van der Waals surface area contributed by atoms with Crippen LogP contribution in [0.3, 0.4) is 0 Å². The lowest BCUT2D eigenvalue weighted by Crippen LogP contribution is -2.44. The summed E-state index contributed by atoms with van der Waals surface area (Å²) in [6.45, 7) is 4.30. The molecule has 0 aromatic heterocycles. The molecule has 90 valence electrons. The number of hydrogen-bond acceptors (Lipinski definition) is 3. The zero-order chi connectivity index (χ0) is 11.6. The maximum absolute atomic E-state index is 12.0. The summed E-state index contributed by atoms with van der Waals surface area (Å²) in [6, 6.07) is 0. The van der Waals surface area contributed by atoms with Crippen LogP contribution in [-0.4, -0.2) is 29.7 Å². The van der Waals surface area contributed by atoms with Crippen molar-refractivity contribution in [2.24, 2.45) is 16.7 Å². The maximum atomic E-state index is 12.0. The number of nitrogens with zero attached hydrogens (tertiary/aromatic N) is 1. The normalized spacial score (nSPS) is 63.1. The van der Waals surface area contributed by atoms with E-state index in [4.69, 9.17) is 16.4 Å². The van der Waals surface area contributed by atoms with Crippen LogP contribution in [0.25, 0.3) is 0 Å². The second-order valence-electron chi connectivity index (χ2n) is 6.12. The molecule has 4 aliphatic rings. The highest BCUT2D eigenvalue weighted by atomic mass is 35.5. The van der Waals surface area contributed by atoms with Gasteiger partial charge in [-0.05, 0) is 28.6 Å². The first-order valence-electron chi connectivity index (χ1n) is 5.66. The fourth-order valence-electron chi connectivity index (χ4n) is 4.64. The fraction of sp³-hybridized carbons (Fsp3) is 1.00. The highest BCUT2D eigenvalue weighted by Crippen LogP contribution is 2.81. The van der Waals surface area contributed by atoms with Crippen LogP contribution in [0.5, 0.6) is 0 Å². The molecule has 2 aliphatic heterocycles. The summed E-state index contributed by atoms with van der Waals surface area (Å²) in [5, 5.41) is -0.187. The van der Waals surface area contributed by atoms with Gasteiger partial charge in [-0.1, -0.05) is 13.8 Å². The van der Waals surface area contributed by atoms with Crippen molar-refractivity contribution in [2.75, 3.05) is 5.75 Å². The van der Waals surface area contributed by atoms with Gasteiger partial charge >= 0.3 is 0 Å². The third-order valence-corrected chi connectivity index (χ3v) is 7.91. The molecule has 2 spiro atoms. The predicted molar refractivity (Wildman–Crippen MR) is 58.0 cm³/mol. The predicted octanol–water partition coefficient (Wildman–Crippen LogP) is 1.32. The maximum Gasteiger partial charge on any atom is 0.239 e. The summed E-state index contributed by atoms with van der Waals surface area (Å²) in [7, 11) is -3.24. The number of halogens is 1. The van der Waals surface area contributed by atoms with Crippen molar-refractivity contribution in [3.8, 4) is 0 Å². The zero-order valence-corrected chi connectivity index (χ0v) is 10.8. The van der Waals surface area contributed by atoms with Gasteiger partial charge in [0.1, 0.15) is 0 Å². The molecule has 4 nitrogen and oxygen atoms in total. The van der Waals surface area contributed by atoms with Crippen molar-refractivity contribution in [2.45, 2.75) is 37.8 Å². The Morgan fingerprint density at radius 3 is 2.69 bits per heavy atom. The van der Waals surface area contributed by atoms with Crippen molar-refractivity contribution >= 4 is 21.6 Å². The Morgan fingerprint density at radius 2 is 2.12 bits per heavy atom. The smallest absolute Gasteiger partial charge is 0.239 e. The Balaban J connectivity index is 2.01. The van der Waals surface area contributed by atoms with E-state index in [9.17, 15) is 8.42 Å². The number of hydroxylamine groups is 1. The van der Waals surface area contributed by atoms with Gasteiger partial charge in [0.15, 0.2) is 0 Å². The van der Waals surface area contributed by atoms with Gasteiger partial charge in [0.05, 0.1) is 11.1 Å². The van der Waals surface area contributed by atoms with Gasteiger partial charge in [-0.25, -0.2) is 8.42 Å². The molecule has 2 aliphatic carbocycles. The Kier molecular flexibility index (Phi) is 1.39. The molecular weight excluding hydrogens is 250 g/mol. The van der Waals surface area contributed by atoms with Crippen molar-refractivity contribution < 1.29 is 13.3 Å². The number of rotatable bonds is 0. The third-order valence-electron chi connectivity index (χ3n) is 5.60. The van der Waals surface area contributed by atoms with Crippen molar-refractivity contribution in [1.29, 1.82) is 0 Å². The monoisotopic (exact) mass is 263 g/mol. The molecule has 6 heteroatoms. The molecule has 1 unspecified atom stereocenters. The highest BCUT2D eigenvalue weighted by molar-refractivity contribution is 7.89. The first-order chi connectivity index (χ1) is 7.30. The van der Waals surface area contributed by atoms with Gasteiger partial charge in [0.25, 0.3) is 0 Å². The number of fused-ring (bicyclic) bond motifs is 1. The lowest BCUT2D eigenvalue weighted by Gasteiger charge is -2.35. The Hall–Kier alpha value is 0.160. The van der Waals surface area contributed by atoms with Gasteiger partial charge in [-0.2, -0.15) is 0 Å². The van der Waals surface area contributed by atoms with E-state index in [-0.39, 0.29) is 22.0 Å². The van der Waals surface area contributed by atoms with E-state index >= 15 is 0 Å². The zero-order valence-electron chi connectivity index (χ0n) is 9.23. The molecule has 16 heavy (non-hydrogen) atoms. The van der Waals surface area contributed by atoms with Gasteiger partial charge in [0.2, 0.25) is 15.7 Å². The average molecular weight is 264 g/mol. The third kappa shape index (κ3) is 0.656. The molecule has 0 N–H and O–H groups in total. The van der Waals surface area contributed by atoms with Crippen molar-refractivity contribution in [1.82, 2.24) is 4.47 Å². The summed E-state index contributed by atoms with van der Waals surface area (Å²) in [5.41, 5.74) is -1.02. The van der Waals surface area contributed by atoms with E-state index < -0.39 is 15.7 Å². The molecule has 2 saturated carbocycles. The molecule has 2 saturated heterocycles. The minimum absolute atomic E-state index is 0.0439. The number of sulfonamides is 1. The minimum atomic E-state index is -3.24. The molecule has 5 atom stereocenters. The Labute approximate surface area is 99.9 Å². The fourth-order valence-corrected chi connectivity index (χ4v) is 7.87. The molecule has 0 aromatic carbocycles. The Bertz CT molecular complexity index is 504. The number of alkyl halides is 1. The quantitative estimate of drug-likeness (QED) is 0.489. The van der Waals surface area contributed by atoms with Crippen LogP contribution in [-0.2, 0) is 14.9 Å². The molecule has 0 amide bonds. The van der Waals surface area contributed by atoms with Crippen LogP contribution in [0.2, 0.25) is 0 Å². The summed E-state index contributed by atoms with van der Waals surface area (Å²) >= 11 is 6.47. The largest absolute Gasteiger partial charge is 0.253 e. The summed E-state index contributed by atoms with van der Waals surface area (Å²) < 4.78 is 25.1. The van der Waals surface area contributed by atoms with Crippen molar-refractivity contribution in [3.05, 3.63) is 0 Å². The van der Waals surface area contributed by atoms with Gasteiger partial charge in [0, 0.05) is 5.41 Å². The van der Waals surface area contributed by atoms with Crippen LogP contribution in [0.4, 0.5) is 0 Å². The first kappa shape index (κ1) is 10.1. The average Bonchev–Trinajstić information content (AvgIpc) is 2.77. The molecular formula is C10H14ClNO3S. The molecule has 2 bridgehead atoms. The molecule has 2 heterocycles. The second-order valence-corrected chi connectivity index (χ2v) is 8.38. The topological polar surface area (TPSA) is 49.7 Å². The van der Waals surface area contributed by atoms with Gasteiger partial charge < -0.3 is 0 Å². The number of hydrogen-bond donors (Lipinski definition) is 0. The highest BCUT2D eigenvalue weighted by Gasteiger charge is 2.92. The summed E-state index contributed by atoms with van der Waals surface area (Å²) in [5.74, 6) is 0.585. The second kappa shape index (κ2) is 2.20.